The third kappa shape index (κ3) is 5.57. The Kier molecular flexibility index (Phi) is 6.68. The summed E-state index contributed by atoms with van der Waals surface area (Å²) in [5.74, 6) is 0.650. The van der Waals surface area contributed by atoms with Crippen molar-refractivity contribution in [2.45, 2.75) is 13.8 Å². The number of nitrogens with one attached hydrogen (secondary N) is 1. The van der Waals surface area contributed by atoms with E-state index in [2.05, 4.69) is 5.32 Å². The highest BCUT2D eigenvalue weighted by atomic mass is 16.5. The third-order valence-electron chi connectivity index (χ3n) is 2.57. The first-order valence-corrected chi connectivity index (χ1v) is 6.46. The summed E-state index contributed by atoms with van der Waals surface area (Å²) in [6.45, 7) is 4.91. The highest BCUT2D eigenvalue weighted by Gasteiger charge is 2.02. The second kappa shape index (κ2) is 8.32. The molecule has 0 aromatic heterocycles. The molecule has 1 aromatic rings. The Morgan fingerprint density at radius 1 is 1.47 bits per heavy atom. The van der Waals surface area contributed by atoms with Crippen molar-refractivity contribution in [3.63, 3.8) is 0 Å². The maximum absolute atomic E-state index is 11.6. The fourth-order valence-corrected chi connectivity index (χ4v) is 1.47. The van der Waals surface area contributed by atoms with Crippen LogP contribution >= 0.6 is 0 Å². The predicted octanol–water partition coefficient (Wildman–Crippen LogP) is 1.84. The Balaban J connectivity index is 2.58. The predicted molar refractivity (Wildman–Crippen MR) is 75.9 cm³/mol. The van der Waals surface area contributed by atoms with E-state index in [9.17, 15) is 4.79 Å². The molecule has 19 heavy (non-hydrogen) atoms. The largest absolute Gasteiger partial charge is 0.493 e. The average Bonchev–Trinajstić information content (AvgIpc) is 2.44. The molecule has 1 atom stereocenters. The number of para-hydroxylation sites is 1. The zero-order valence-electron chi connectivity index (χ0n) is 11.4. The topological polar surface area (TPSA) is 58.6 Å². The fourth-order valence-electron chi connectivity index (χ4n) is 1.47. The van der Waals surface area contributed by atoms with E-state index in [0.29, 0.717) is 13.2 Å². The van der Waals surface area contributed by atoms with Crippen LogP contribution in [0.15, 0.2) is 30.3 Å². The Morgan fingerprint density at radius 2 is 2.21 bits per heavy atom. The number of carbonyl (C=O) groups excluding carboxylic acids is 1. The fraction of sp³-hybridized carbons (Fsp3) is 0.400. The zero-order valence-corrected chi connectivity index (χ0v) is 11.4. The van der Waals surface area contributed by atoms with Crippen molar-refractivity contribution in [2.75, 3.05) is 19.8 Å². The summed E-state index contributed by atoms with van der Waals surface area (Å²) in [6, 6.07) is 7.55. The number of aliphatic hydroxyl groups excluding tert-OH is 1. The maximum atomic E-state index is 11.6. The molecular formula is C15H21NO3. The number of amides is 1. The molecule has 0 aliphatic heterocycles. The summed E-state index contributed by atoms with van der Waals surface area (Å²) in [7, 11) is 0. The SMILES string of the molecule is CCOc1ccccc1C=CC(=O)NCC(C)CO. The minimum atomic E-state index is -0.174. The molecule has 1 amide bonds. The Bertz CT molecular complexity index is 429. The van der Waals surface area contributed by atoms with Gasteiger partial charge in [0.25, 0.3) is 0 Å². The summed E-state index contributed by atoms with van der Waals surface area (Å²) in [5, 5.41) is 11.6. The Labute approximate surface area is 114 Å². The lowest BCUT2D eigenvalue weighted by Crippen LogP contribution is -2.27. The van der Waals surface area contributed by atoms with Gasteiger partial charge in [-0.1, -0.05) is 25.1 Å². The number of benzene rings is 1. The van der Waals surface area contributed by atoms with Crippen LogP contribution in [-0.4, -0.2) is 30.8 Å². The van der Waals surface area contributed by atoms with Crippen LogP contribution in [0.2, 0.25) is 0 Å². The molecule has 4 nitrogen and oxygen atoms in total. The standard InChI is InChI=1S/C15H21NO3/c1-3-19-14-7-5-4-6-13(14)8-9-15(18)16-10-12(2)11-17/h4-9,12,17H,3,10-11H2,1-2H3,(H,16,18). The van der Waals surface area contributed by atoms with E-state index in [-0.39, 0.29) is 18.4 Å². The van der Waals surface area contributed by atoms with Crippen molar-refractivity contribution in [3.05, 3.63) is 35.9 Å². The molecule has 0 spiro atoms. The zero-order chi connectivity index (χ0) is 14.1. The first kappa shape index (κ1) is 15.2. The quantitative estimate of drug-likeness (QED) is 0.738. The van der Waals surface area contributed by atoms with Crippen LogP contribution in [0.3, 0.4) is 0 Å². The lowest BCUT2D eigenvalue weighted by atomic mass is 10.2. The van der Waals surface area contributed by atoms with E-state index >= 15 is 0 Å². The Hall–Kier alpha value is -1.81. The van der Waals surface area contributed by atoms with Crippen LogP contribution in [0, 0.1) is 5.92 Å². The molecule has 4 heteroatoms. The molecule has 0 aliphatic carbocycles. The van der Waals surface area contributed by atoms with E-state index in [0.717, 1.165) is 11.3 Å². The van der Waals surface area contributed by atoms with Gasteiger partial charge >= 0.3 is 0 Å². The van der Waals surface area contributed by atoms with Crippen LogP contribution in [0.1, 0.15) is 19.4 Å². The Morgan fingerprint density at radius 3 is 2.89 bits per heavy atom. The number of carbonyl (C=O) groups is 1. The molecule has 1 aromatic carbocycles. The molecule has 1 unspecified atom stereocenters. The number of ether oxygens (including phenoxy) is 1. The summed E-state index contributed by atoms with van der Waals surface area (Å²) in [5.41, 5.74) is 0.870. The molecule has 0 saturated heterocycles. The molecule has 0 aliphatic rings. The highest BCUT2D eigenvalue weighted by Crippen LogP contribution is 2.19. The van der Waals surface area contributed by atoms with Gasteiger partial charge < -0.3 is 15.2 Å². The summed E-state index contributed by atoms with van der Waals surface area (Å²) >= 11 is 0. The average molecular weight is 263 g/mol. The van der Waals surface area contributed by atoms with Gasteiger partial charge in [-0.25, -0.2) is 0 Å². The molecule has 0 radical (unpaired) electrons. The normalized spacial score (nSPS) is 12.4. The monoisotopic (exact) mass is 263 g/mol. The van der Waals surface area contributed by atoms with Crippen molar-refractivity contribution >= 4 is 12.0 Å². The van der Waals surface area contributed by atoms with E-state index in [1.807, 2.05) is 38.1 Å². The summed E-state index contributed by atoms with van der Waals surface area (Å²) in [6.07, 6.45) is 3.20. The van der Waals surface area contributed by atoms with Gasteiger partial charge in [0.1, 0.15) is 5.75 Å². The van der Waals surface area contributed by atoms with E-state index in [1.165, 1.54) is 6.08 Å². The second-order valence-corrected chi connectivity index (χ2v) is 4.34. The molecule has 0 bridgehead atoms. The van der Waals surface area contributed by atoms with Gasteiger partial charge in [-0.3, -0.25) is 4.79 Å². The lowest BCUT2D eigenvalue weighted by Gasteiger charge is -2.08. The molecular weight excluding hydrogens is 242 g/mol. The number of hydrogen-bond acceptors (Lipinski definition) is 3. The number of rotatable bonds is 7. The molecule has 104 valence electrons. The molecule has 0 saturated carbocycles. The van der Waals surface area contributed by atoms with Crippen LogP contribution in [0.4, 0.5) is 0 Å². The molecule has 2 N–H and O–H groups in total. The number of aliphatic hydroxyl groups is 1. The first-order chi connectivity index (χ1) is 9.17. The smallest absolute Gasteiger partial charge is 0.244 e. The van der Waals surface area contributed by atoms with Crippen LogP contribution in [-0.2, 0) is 4.79 Å². The van der Waals surface area contributed by atoms with Crippen molar-refractivity contribution in [2.24, 2.45) is 5.92 Å². The third-order valence-corrected chi connectivity index (χ3v) is 2.57. The van der Waals surface area contributed by atoms with Crippen LogP contribution < -0.4 is 10.1 Å². The maximum Gasteiger partial charge on any atom is 0.244 e. The van der Waals surface area contributed by atoms with Crippen molar-refractivity contribution < 1.29 is 14.6 Å². The van der Waals surface area contributed by atoms with Crippen molar-refractivity contribution in [1.82, 2.24) is 5.32 Å². The van der Waals surface area contributed by atoms with Gasteiger partial charge in [0, 0.05) is 24.8 Å². The molecule has 0 heterocycles. The second-order valence-electron chi connectivity index (χ2n) is 4.34. The summed E-state index contributed by atoms with van der Waals surface area (Å²) < 4.78 is 5.47. The molecule has 0 fully saturated rings. The van der Waals surface area contributed by atoms with Crippen molar-refractivity contribution in [3.8, 4) is 5.75 Å². The van der Waals surface area contributed by atoms with Crippen LogP contribution in [0.25, 0.3) is 6.08 Å². The van der Waals surface area contributed by atoms with Gasteiger partial charge in [-0.2, -0.15) is 0 Å². The van der Waals surface area contributed by atoms with E-state index in [1.54, 1.807) is 6.08 Å². The van der Waals surface area contributed by atoms with Gasteiger partial charge in [0.05, 0.1) is 6.61 Å². The highest BCUT2D eigenvalue weighted by molar-refractivity contribution is 5.92. The van der Waals surface area contributed by atoms with Gasteiger partial charge in [-0.15, -0.1) is 0 Å². The lowest BCUT2D eigenvalue weighted by molar-refractivity contribution is -0.116. The minimum absolute atomic E-state index is 0.0630. The van der Waals surface area contributed by atoms with Gasteiger partial charge in [0.15, 0.2) is 0 Å². The van der Waals surface area contributed by atoms with Gasteiger partial charge in [-0.05, 0) is 25.0 Å². The van der Waals surface area contributed by atoms with Crippen LogP contribution in [0.5, 0.6) is 5.75 Å². The van der Waals surface area contributed by atoms with Gasteiger partial charge in [0.2, 0.25) is 5.91 Å². The van der Waals surface area contributed by atoms with Crippen molar-refractivity contribution in [1.29, 1.82) is 0 Å². The minimum Gasteiger partial charge on any atom is -0.493 e. The molecule has 1 rings (SSSR count). The van der Waals surface area contributed by atoms with E-state index in [4.69, 9.17) is 9.84 Å². The summed E-state index contributed by atoms with van der Waals surface area (Å²) in [4.78, 5) is 11.6. The van der Waals surface area contributed by atoms with E-state index < -0.39 is 0 Å². The number of hydrogen-bond donors (Lipinski definition) is 2. The first-order valence-electron chi connectivity index (χ1n) is 6.46.